The van der Waals surface area contributed by atoms with Crippen LogP contribution in [0.3, 0.4) is 0 Å². The van der Waals surface area contributed by atoms with E-state index in [0.29, 0.717) is 18.4 Å². The minimum atomic E-state index is 0.500. The summed E-state index contributed by atoms with van der Waals surface area (Å²) in [6.45, 7) is 3.60. The molecule has 1 aromatic heterocycles. The molecule has 0 saturated carbocycles. The summed E-state index contributed by atoms with van der Waals surface area (Å²) < 4.78 is 5.59. The Labute approximate surface area is 102 Å². The van der Waals surface area contributed by atoms with Crippen LogP contribution in [-0.2, 0) is 12.3 Å². The normalized spacial score (nSPS) is 10.8. The number of hydrogen-bond donors (Lipinski definition) is 0. The maximum absolute atomic E-state index is 5.82. The monoisotopic (exact) mass is 242 g/mol. The zero-order valence-electron chi connectivity index (χ0n) is 10.2. The van der Waals surface area contributed by atoms with Gasteiger partial charge in [-0.2, -0.15) is 0 Å². The molecule has 0 radical (unpaired) electrons. The lowest BCUT2D eigenvalue weighted by atomic mass is 10.2. The van der Waals surface area contributed by atoms with Crippen LogP contribution < -0.4 is 4.74 Å². The van der Waals surface area contributed by atoms with Gasteiger partial charge in [-0.05, 0) is 32.1 Å². The van der Waals surface area contributed by atoms with Gasteiger partial charge < -0.3 is 9.64 Å². The third-order valence-electron chi connectivity index (χ3n) is 2.22. The van der Waals surface area contributed by atoms with Crippen LogP contribution in [0.2, 0.25) is 0 Å². The van der Waals surface area contributed by atoms with Gasteiger partial charge in [0.15, 0.2) is 0 Å². The Morgan fingerprint density at radius 3 is 2.69 bits per heavy atom. The van der Waals surface area contributed by atoms with Crippen LogP contribution in [0, 0.1) is 0 Å². The molecule has 3 nitrogen and oxygen atoms in total. The molecule has 0 bridgehead atoms. The molecule has 0 aliphatic heterocycles. The lowest BCUT2D eigenvalue weighted by Crippen LogP contribution is -2.19. The summed E-state index contributed by atoms with van der Waals surface area (Å²) >= 11 is 5.82. The summed E-state index contributed by atoms with van der Waals surface area (Å²) in [4.78, 5) is 6.47. The first-order valence-corrected chi connectivity index (χ1v) is 6.02. The lowest BCUT2D eigenvalue weighted by Gasteiger charge is -2.11. The minimum absolute atomic E-state index is 0.500. The zero-order chi connectivity index (χ0) is 12.0. The first-order chi connectivity index (χ1) is 7.65. The molecule has 0 N–H and O–H groups in total. The van der Waals surface area contributed by atoms with Crippen LogP contribution in [0.4, 0.5) is 0 Å². The van der Waals surface area contributed by atoms with Crippen molar-refractivity contribution in [2.45, 2.75) is 19.2 Å². The second kappa shape index (κ2) is 6.71. The van der Waals surface area contributed by atoms with Crippen molar-refractivity contribution in [3.63, 3.8) is 0 Å². The van der Waals surface area contributed by atoms with E-state index in [1.54, 1.807) is 0 Å². The van der Waals surface area contributed by atoms with E-state index in [-0.39, 0.29) is 0 Å². The van der Waals surface area contributed by atoms with Gasteiger partial charge in [0.2, 0.25) is 5.88 Å². The predicted octanol–water partition coefficient (Wildman–Crippen LogP) is 2.32. The van der Waals surface area contributed by atoms with E-state index in [2.05, 4.69) is 16.8 Å². The van der Waals surface area contributed by atoms with Gasteiger partial charge >= 0.3 is 0 Å². The van der Waals surface area contributed by atoms with E-state index >= 15 is 0 Å². The first-order valence-electron chi connectivity index (χ1n) is 5.49. The standard InChI is InChI=1S/C12H19ClN2O/c1-4-11-7-10(9-13)8-12(14-11)16-6-5-15(2)3/h7-8H,4-6,9H2,1-3H3. The highest BCUT2D eigenvalue weighted by Crippen LogP contribution is 2.15. The average Bonchev–Trinajstić information content (AvgIpc) is 2.28. The molecule has 0 atom stereocenters. The highest BCUT2D eigenvalue weighted by Gasteiger charge is 2.02. The largest absolute Gasteiger partial charge is 0.476 e. The summed E-state index contributed by atoms with van der Waals surface area (Å²) in [6, 6.07) is 3.92. The van der Waals surface area contributed by atoms with Gasteiger partial charge in [0.05, 0.1) is 0 Å². The van der Waals surface area contributed by atoms with E-state index in [1.807, 2.05) is 26.2 Å². The zero-order valence-corrected chi connectivity index (χ0v) is 10.9. The van der Waals surface area contributed by atoms with Crippen molar-refractivity contribution >= 4 is 11.6 Å². The summed E-state index contributed by atoms with van der Waals surface area (Å²) in [5, 5.41) is 0. The Morgan fingerprint density at radius 2 is 2.12 bits per heavy atom. The van der Waals surface area contributed by atoms with E-state index in [1.165, 1.54) is 0 Å². The molecule has 0 unspecified atom stereocenters. The number of ether oxygens (including phenoxy) is 1. The Balaban J connectivity index is 2.64. The molecule has 0 fully saturated rings. The summed E-state index contributed by atoms with van der Waals surface area (Å²) in [5.41, 5.74) is 2.09. The average molecular weight is 243 g/mol. The number of hydrogen-bond acceptors (Lipinski definition) is 3. The fraction of sp³-hybridized carbons (Fsp3) is 0.583. The summed E-state index contributed by atoms with van der Waals surface area (Å²) in [5.74, 6) is 1.18. The third kappa shape index (κ3) is 4.37. The maximum Gasteiger partial charge on any atom is 0.213 e. The smallest absolute Gasteiger partial charge is 0.213 e. The van der Waals surface area contributed by atoms with Gasteiger partial charge in [-0.15, -0.1) is 11.6 Å². The van der Waals surface area contributed by atoms with Crippen molar-refractivity contribution in [3.05, 3.63) is 23.4 Å². The molecule has 0 aliphatic carbocycles. The van der Waals surface area contributed by atoms with Crippen molar-refractivity contribution in [2.75, 3.05) is 27.2 Å². The highest BCUT2D eigenvalue weighted by molar-refractivity contribution is 6.17. The van der Waals surface area contributed by atoms with E-state index in [4.69, 9.17) is 16.3 Å². The van der Waals surface area contributed by atoms with Crippen LogP contribution >= 0.6 is 11.6 Å². The highest BCUT2D eigenvalue weighted by atomic mass is 35.5. The van der Waals surface area contributed by atoms with Crippen LogP contribution in [0.1, 0.15) is 18.2 Å². The molecular formula is C12H19ClN2O. The van der Waals surface area contributed by atoms with Gasteiger partial charge in [0.25, 0.3) is 0 Å². The van der Waals surface area contributed by atoms with Crippen LogP contribution in [0.5, 0.6) is 5.88 Å². The number of alkyl halides is 1. The molecule has 16 heavy (non-hydrogen) atoms. The van der Waals surface area contributed by atoms with E-state index in [9.17, 15) is 0 Å². The van der Waals surface area contributed by atoms with Crippen LogP contribution in [-0.4, -0.2) is 37.1 Å². The van der Waals surface area contributed by atoms with Crippen molar-refractivity contribution in [3.8, 4) is 5.88 Å². The number of pyridine rings is 1. The quantitative estimate of drug-likeness (QED) is 0.716. The number of nitrogens with zero attached hydrogens (tertiary/aromatic N) is 2. The van der Waals surface area contributed by atoms with Crippen molar-refractivity contribution in [1.29, 1.82) is 0 Å². The number of likely N-dealkylation sites (N-methyl/N-ethyl adjacent to an activating group) is 1. The second-order valence-electron chi connectivity index (χ2n) is 3.94. The van der Waals surface area contributed by atoms with Gasteiger partial charge in [0, 0.05) is 24.2 Å². The topological polar surface area (TPSA) is 25.4 Å². The minimum Gasteiger partial charge on any atom is -0.476 e. The molecule has 1 aromatic rings. The number of aromatic nitrogens is 1. The predicted molar refractivity (Wildman–Crippen MR) is 67.2 cm³/mol. The van der Waals surface area contributed by atoms with E-state index in [0.717, 1.165) is 24.2 Å². The van der Waals surface area contributed by atoms with Gasteiger partial charge in [0.1, 0.15) is 6.61 Å². The Kier molecular flexibility index (Phi) is 5.56. The van der Waals surface area contributed by atoms with Gasteiger partial charge in [-0.1, -0.05) is 6.92 Å². The molecule has 0 aliphatic rings. The van der Waals surface area contributed by atoms with Gasteiger partial charge in [-0.3, -0.25) is 0 Å². The van der Waals surface area contributed by atoms with Crippen molar-refractivity contribution in [1.82, 2.24) is 9.88 Å². The Hall–Kier alpha value is -0.800. The molecule has 0 saturated heterocycles. The molecule has 1 rings (SSSR count). The fourth-order valence-corrected chi connectivity index (χ4v) is 1.44. The second-order valence-corrected chi connectivity index (χ2v) is 4.21. The fourth-order valence-electron chi connectivity index (χ4n) is 1.29. The van der Waals surface area contributed by atoms with Crippen molar-refractivity contribution in [2.24, 2.45) is 0 Å². The number of rotatable bonds is 6. The lowest BCUT2D eigenvalue weighted by molar-refractivity contribution is 0.253. The molecule has 90 valence electrons. The molecule has 0 amide bonds. The molecule has 1 heterocycles. The Bertz CT molecular complexity index is 307. The van der Waals surface area contributed by atoms with Crippen LogP contribution in [0.25, 0.3) is 0 Å². The third-order valence-corrected chi connectivity index (χ3v) is 2.53. The number of halogens is 1. The molecule has 0 spiro atoms. The number of aryl methyl sites for hydroxylation is 1. The maximum atomic E-state index is 5.82. The summed E-state index contributed by atoms with van der Waals surface area (Å²) in [7, 11) is 4.03. The van der Waals surface area contributed by atoms with Gasteiger partial charge in [-0.25, -0.2) is 4.98 Å². The Morgan fingerprint density at radius 1 is 1.38 bits per heavy atom. The summed E-state index contributed by atoms with van der Waals surface area (Å²) in [6.07, 6.45) is 0.898. The SMILES string of the molecule is CCc1cc(CCl)cc(OCCN(C)C)n1. The first kappa shape index (κ1) is 13.3. The van der Waals surface area contributed by atoms with Crippen LogP contribution in [0.15, 0.2) is 12.1 Å². The molecule has 4 heteroatoms. The van der Waals surface area contributed by atoms with Crippen molar-refractivity contribution < 1.29 is 4.74 Å². The molecular weight excluding hydrogens is 224 g/mol. The van der Waals surface area contributed by atoms with E-state index < -0.39 is 0 Å². The molecule has 0 aromatic carbocycles.